The van der Waals surface area contributed by atoms with Crippen molar-refractivity contribution in [1.29, 1.82) is 0 Å². The maximum Gasteiger partial charge on any atom is 0.0459 e. The van der Waals surface area contributed by atoms with Crippen LogP contribution in [0, 0.1) is 5.92 Å². The summed E-state index contributed by atoms with van der Waals surface area (Å²) in [5.74, 6) is 0.578. The van der Waals surface area contributed by atoms with Gasteiger partial charge in [0.2, 0.25) is 0 Å². The first-order valence-electron chi connectivity index (χ1n) is 8.96. The van der Waals surface area contributed by atoms with Gasteiger partial charge in [0.25, 0.3) is 0 Å². The molecule has 0 aliphatic carbocycles. The van der Waals surface area contributed by atoms with Crippen LogP contribution in [0.25, 0.3) is 0 Å². The smallest absolute Gasteiger partial charge is 0.0459 e. The second-order valence-electron chi connectivity index (χ2n) is 6.16. The Morgan fingerprint density at radius 2 is 1.00 bits per heavy atom. The molecule has 0 spiro atoms. The lowest BCUT2D eigenvalue weighted by molar-refractivity contribution is 0.205. The van der Waals surface area contributed by atoms with Gasteiger partial charge in [-0.3, -0.25) is 0 Å². The van der Waals surface area contributed by atoms with Crippen LogP contribution in [0.2, 0.25) is 0 Å². The second kappa shape index (κ2) is 16.0. The van der Waals surface area contributed by atoms with Crippen molar-refractivity contribution in [2.75, 3.05) is 6.61 Å². The van der Waals surface area contributed by atoms with Gasteiger partial charge in [0.1, 0.15) is 0 Å². The Kier molecular flexibility index (Phi) is 16.0. The fourth-order valence-corrected chi connectivity index (χ4v) is 2.74. The van der Waals surface area contributed by atoms with E-state index in [2.05, 4.69) is 13.8 Å². The van der Waals surface area contributed by atoms with E-state index in [0.29, 0.717) is 12.5 Å². The number of aliphatic hydroxyl groups is 1. The molecule has 0 aromatic carbocycles. The summed E-state index contributed by atoms with van der Waals surface area (Å²) in [7, 11) is 0. The zero-order valence-corrected chi connectivity index (χ0v) is 13.6. The van der Waals surface area contributed by atoms with Crippen LogP contribution in [0.4, 0.5) is 0 Å². The molecule has 116 valence electrons. The van der Waals surface area contributed by atoms with Crippen LogP contribution in [0.5, 0.6) is 0 Å². The summed E-state index contributed by atoms with van der Waals surface area (Å²) < 4.78 is 0. The fraction of sp³-hybridized carbons (Fsp3) is 1.00. The summed E-state index contributed by atoms with van der Waals surface area (Å²) in [6.45, 7) is 4.91. The molecule has 0 heterocycles. The lowest BCUT2D eigenvalue weighted by atomic mass is 9.96. The molecule has 0 radical (unpaired) electrons. The van der Waals surface area contributed by atoms with Gasteiger partial charge in [-0.25, -0.2) is 0 Å². The van der Waals surface area contributed by atoms with Gasteiger partial charge >= 0.3 is 0 Å². The van der Waals surface area contributed by atoms with Crippen molar-refractivity contribution in [2.45, 2.75) is 104 Å². The maximum absolute atomic E-state index is 9.30. The number of hydrogen-bond acceptors (Lipinski definition) is 1. The highest BCUT2D eigenvalue weighted by Gasteiger charge is 2.05. The number of unbranched alkanes of at least 4 members (excludes halogenated alkanes) is 10. The van der Waals surface area contributed by atoms with Crippen LogP contribution in [0.1, 0.15) is 104 Å². The summed E-state index contributed by atoms with van der Waals surface area (Å²) in [6.07, 6.45) is 19.1. The van der Waals surface area contributed by atoms with Gasteiger partial charge in [-0.1, -0.05) is 90.9 Å². The highest BCUT2D eigenvalue weighted by atomic mass is 16.3. The summed E-state index contributed by atoms with van der Waals surface area (Å²) >= 11 is 0. The van der Waals surface area contributed by atoms with Crippen molar-refractivity contribution in [3.63, 3.8) is 0 Å². The molecule has 0 bridgehead atoms. The third-order valence-corrected chi connectivity index (χ3v) is 4.19. The molecule has 0 amide bonds. The molecule has 1 atom stereocenters. The highest BCUT2D eigenvalue weighted by molar-refractivity contribution is 4.58. The Morgan fingerprint density at radius 3 is 1.47 bits per heavy atom. The van der Waals surface area contributed by atoms with E-state index in [1.807, 2.05) is 0 Å². The standard InChI is InChI=1S/C18H38O/c1-3-5-7-8-9-10-11-12-13-14-16-18(17-19)15-6-4-2/h18-19H,3-17H2,1-2H3. The highest BCUT2D eigenvalue weighted by Crippen LogP contribution is 2.17. The molecule has 1 heteroatoms. The zero-order valence-electron chi connectivity index (χ0n) is 13.6. The van der Waals surface area contributed by atoms with E-state index in [1.54, 1.807) is 0 Å². The van der Waals surface area contributed by atoms with Crippen LogP contribution in [-0.4, -0.2) is 11.7 Å². The van der Waals surface area contributed by atoms with E-state index >= 15 is 0 Å². The first kappa shape index (κ1) is 19.0. The monoisotopic (exact) mass is 270 g/mol. The van der Waals surface area contributed by atoms with Gasteiger partial charge in [-0.15, -0.1) is 0 Å². The van der Waals surface area contributed by atoms with Gasteiger partial charge in [0.05, 0.1) is 0 Å². The Bertz CT molecular complexity index is 156. The van der Waals surface area contributed by atoms with E-state index in [-0.39, 0.29) is 0 Å². The average Bonchev–Trinajstić information content (AvgIpc) is 2.44. The van der Waals surface area contributed by atoms with Crippen molar-refractivity contribution in [2.24, 2.45) is 5.92 Å². The Hall–Kier alpha value is -0.0400. The Labute approximate surface area is 122 Å². The van der Waals surface area contributed by atoms with Crippen LogP contribution >= 0.6 is 0 Å². The van der Waals surface area contributed by atoms with E-state index in [4.69, 9.17) is 0 Å². The van der Waals surface area contributed by atoms with E-state index in [9.17, 15) is 5.11 Å². The van der Waals surface area contributed by atoms with Crippen molar-refractivity contribution in [3.8, 4) is 0 Å². The Morgan fingerprint density at radius 1 is 0.579 bits per heavy atom. The fourth-order valence-electron chi connectivity index (χ4n) is 2.74. The largest absolute Gasteiger partial charge is 0.396 e. The summed E-state index contributed by atoms with van der Waals surface area (Å²) in [5, 5.41) is 9.30. The molecule has 0 aromatic heterocycles. The molecule has 1 N–H and O–H groups in total. The lowest BCUT2D eigenvalue weighted by Crippen LogP contribution is -2.05. The topological polar surface area (TPSA) is 20.2 Å². The van der Waals surface area contributed by atoms with Gasteiger partial charge in [-0.2, -0.15) is 0 Å². The summed E-state index contributed by atoms with van der Waals surface area (Å²) in [5.41, 5.74) is 0. The quantitative estimate of drug-likeness (QED) is 0.357. The third kappa shape index (κ3) is 14.2. The molecule has 0 rings (SSSR count). The third-order valence-electron chi connectivity index (χ3n) is 4.19. The van der Waals surface area contributed by atoms with Gasteiger partial charge in [0, 0.05) is 6.61 Å². The number of hydrogen-bond donors (Lipinski definition) is 1. The first-order valence-corrected chi connectivity index (χ1v) is 8.96. The molecule has 0 aliphatic heterocycles. The van der Waals surface area contributed by atoms with E-state index < -0.39 is 0 Å². The minimum Gasteiger partial charge on any atom is -0.396 e. The van der Waals surface area contributed by atoms with E-state index in [0.717, 1.165) is 0 Å². The number of rotatable bonds is 15. The molecular weight excluding hydrogens is 232 g/mol. The second-order valence-corrected chi connectivity index (χ2v) is 6.16. The molecule has 0 aliphatic rings. The molecule has 19 heavy (non-hydrogen) atoms. The van der Waals surface area contributed by atoms with Crippen molar-refractivity contribution >= 4 is 0 Å². The van der Waals surface area contributed by atoms with Crippen LogP contribution < -0.4 is 0 Å². The van der Waals surface area contributed by atoms with Gasteiger partial charge < -0.3 is 5.11 Å². The maximum atomic E-state index is 9.30. The minimum atomic E-state index is 0.400. The molecule has 1 unspecified atom stereocenters. The molecular formula is C18H38O. The molecule has 0 aromatic rings. The lowest BCUT2D eigenvalue weighted by Gasteiger charge is -2.13. The van der Waals surface area contributed by atoms with Crippen LogP contribution in [-0.2, 0) is 0 Å². The molecule has 0 fully saturated rings. The predicted octanol–water partition coefficient (Wildman–Crippen LogP) is 6.10. The summed E-state index contributed by atoms with van der Waals surface area (Å²) in [4.78, 5) is 0. The molecule has 0 saturated heterocycles. The minimum absolute atomic E-state index is 0.400. The van der Waals surface area contributed by atoms with E-state index in [1.165, 1.54) is 89.9 Å². The van der Waals surface area contributed by atoms with Crippen molar-refractivity contribution in [1.82, 2.24) is 0 Å². The van der Waals surface area contributed by atoms with Crippen molar-refractivity contribution in [3.05, 3.63) is 0 Å². The first-order chi connectivity index (χ1) is 9.35. The molecule has 1 nitrogen and oxygen atoms in total. The molecule has 0 saturated carbocycles. The average molecular weight is 271 g/mol. The van der Waals surface area contributed by atoms with Gasteiger partial charge in [0.15, 0.2) is 0 Å². The summed E-state index contributed by atoms with van der Waals surface area (Å²) in [6, 6.07) is 0. The SMILES string of the molecule is CCCCCCCCCCCCC(CO)CCCC. The zero-order chi connectivity index (χ0) is 14.2. The Balaban J connectivity index is 3.16. The van der Waals surface area contributed by atoms with Crippen LogP contribution in [0.15, 0.2) is 0 Å². The number of aliphatic hydroxyl groups excluding tert-OH is 1. The van der Waals surface area contributed by atoms with Crippen LogP contribution in [0.3, 0.4) is 0 Å². The van der Waals surface area contributed by atoms with Crippen molar-refractivity contribution < 1.29 is 5.11 Å². The predicted molar refractivity (Wildman–Crippen MR) is 86.6 cm³/mol. The van der Waals surface area contributed by atoms with Gasteiger partial charge in [-0.05, 0) is 18.8 Å². The normalized spacial score (nSPS) is 12.8.